The van der Waals surface area contributed by atoms with E-state index in [9.17, 15) is 9.59 Å². The molecule has 0 radical (unpaired) electrons. The van der Waals surface area contributed by atoms with Crippen LogP contribution >= 0.6 is 72.3 Å². The second-order valence-corrected chi connectivity index (χ2v) is 367. The Morgan fingerprint density at radius 2 is 0.496 bits per heavy atom. The maximum atomic E-state index is 12.4. The van der Waals surface area contributed by atoms with E-state index in [0.717, 1.165) is 15.6 Å². The molecule has 3 rings (SSSR count). The Kier molecular flexibility index (Phi) is 62.8. The van der Waals surface area contributed by atoms with Crippen molar-refractivity contribution < 1.29 is 61.0 Å². The first kappa shape index (κ1) is 154. The Morgan fingerprint density at radius 1 is 0.323 bits per heavy atom. The molecule has 1 aliphatic heterocycles. The van der Waals surface area contributed by atoms with E-state index in [4.69, 9.17) is 750 Å². The molecule has 127 heavy (non-hydrogen) atoms. The molecule has 0 fully saturated rings. The summed E-state index contributed by atoms with van der Waals surface area (Å²) < 4.78 is 1.44. The van der Waals surface area contributed by atoms with E-state index >= 15 is 0 Å². The van der Waals surface area contributed by atoms with Crippen LogP contribution < -0.4 is 62.0 Å². The Balaban J connectivity index is 0.00000495. The second kappa shape index (κ2) is 51.8. The fraction of sp³-hybridized carbons (Fsp3) is 0.118. The van der Waals surface area contributed by atoms with Gasteiger partial charge in [0.2, 0.25) is 0 Å². The topological polar surface area (TPSA) is 87.2 Å². The maximum Gasteiger partial charge on any atom is 1.00 e. The van der Waals surface area contributed by atoms with Gasteiger partial charge in [0.15, 0.2) is 5.17 Å². The number of hydrogen-bond donors (Lipinski definition) is 3. The molecule has 0 saturated heterocycles. The summed E-state index contributed by atoms with van der Waals surface area (Å²) in [4.78, 5) is 26.1. The van der Waals surface area contributed by atoms with E-state index in [1.54, 1.807) is 6.07 Å². The molecule has 3 N–H and O–H groups in total. The molecule has 0 unspecified atom stereocenters. The molecule has 1 aliphatic rings. The van der Waals surface area contributed by atoms with Crippen molar-refractivity contribution in [1.29, 1.82) is 5.41 Å². The molecular formula is C17H15Br3KN3O2S101. The molecule has 5 nitrogen and oxygen atoms in total. The number of benzene rings is 2. The number of thioether (sulfide) groups is 1. The van der Waals surface area contributed by atoms with E-state index in [-0.39, 0.29) is 73.5 Å². The predicted octanol–water partition coefficient (Wildman–Crippen LogP) is 1.79. The minimum atomic E-state index is -4.22. The first-order valence-corrected chi connectivity index (χ1v) is 158. The summed E-state index contributed by atoms with van der Waals surface area (Å²) in [6.45, 7) is 0.317. The van der Waals surface area contributed by atoms with Gasteiger partial charge in [0, 0.05) is 176 Å². The Labute approximate surface area is 1120 Å². The monoisotopic (exact) mass is 3800 g/mol. The summed E-state index contributed by atoms with van der Waals surface area (Å²) >= 11 is 412. The number of ketones is 1. The Morgan fingerprint density at radius 3 is 0.669 bits per heavy atom. The third-order valence-corrected chi connectivity index (χ3v) is 647. The number of halogens is 3. The number of Topliss-reactive ketones (excluding diaryl/α,β-unsaturated/α-hetero) is 1. The van der Waals surface area contributed by atoms with Crippen molar-refractivity contribution in [2.45, 2.75) is 12.3 Å². The van der Waals surface area contributed by atoms with Crippen LogP contribution in [0.5, 0.6) is 0 Å². The number of hydrogen-bond acceptors (Lipinski definition) is 71. The molecular weight excluding hydrogens is 3800 g/mol. The van der Waals surface area contributed by atoms with Crippen LogP contribution in [0.2, 0.25) is 0 Å². The summed E-state index contributed by atoms with van der Waals surface area (Å²) in [6, 6.07) is 11.2. The van der Waals surface area contributed by atoms with Crippen LogP contribution in [-0.2, 0) is 929 Å². The molecule has 2 aromatic carbocycles. The number of fused-ring (bicyclic) bond motifs is 1. The number of carbonyl (C=O) groups excluding carboxylic acids is 2. The fourth-order valence-corrected chi connectivity index (χ4v) is 766. The van der Waals surface area contributed by atoms with E-state index in [1.165, 1.54) is 16.7 Å². The zero-order valence-corrected chi connectivity index (χ0v) is 146. The average Bonchev–Trinajstić information content (AvgIpc) is 0.821. The Hall–Kier alpha value is 26.9. The maximum absolute atomic E-state index is 12.4. The van der Waals surface area contributed by atoms with Gasteiger partial charge in [-0.05, 0) is 733 Å². The summed E-state index contributed by atoms with van der Waals surface area (Å²) in [6.07, 6.45) is 0. The largest absolute Gasteiger partial charge is 1.00 e. The van der Waals surface area contributed by atoms with Gasteiger partial charge in [0.05, 0.1) is 17.8 Å². The number of thiol groups is 1. The van der Waals surface area contributed by atoms with Crippen LogP contribution in [0.25, 0.3) is 0 Å². The number of rotatable bonds is 36. The molecule has 0 bridgehead atoms. The van der Waals surface area contributed by atoms with Gasteiger partial charge in [0.25, 0.3) is 11.7 Å². The number of anilines is 1. The second-order valence-electron chi connectivity index (χ2n) is 18.8. The standard InChI is InChI=1S/C17H13Br2N3O2S.BrH.K.HS100/c18-11-5-12-14(13(19)6-11)22(16(24)15(12)23)7-9-1-3-10(4-2-9)8-25-17(20)21;;;1-68(2)70(6,7)72(10,11)74(14,15)76(18,19)78(22,23)80(26,27)82(30,31)84(34,35)86(38,39)88(42,43)90(46,47)92(50,51)94(54,55)96(58,59)98(62,63)100(66,67)99(64,65)97(60,61)95(56,57)93(52,53)91(48,49)89(44,45)87(40,41)85(36,37)83(32,33)81(28,29)79(24,25)77(20,21)75(16,17)73(12,13)71(8,9)69(3,4)5/h1-6H,7-8H2,(H3,20,21);1H;;(H,3,4,5)/q;;+1;-1. The van der Waals surface area contributed by atoms with Crippen molar-refractivity contribution in [1.82, 2.24) is 0 Å². The molecule has 110 heteroatoms. The van der Waals surface area contributed by atoms with Gasteiger partial charge in [-0.3, -0.25) is 26.9 Å². The third-order valence-electron chi connectivity index (χ3n) is 11.7. The van der Waals surface area contributed by atoms with Crippen LogP contribution in [0.3, 0.4) is 0 Å². The van der Waals surface area contributed by atoms with E-state index in [2.05, 4.69) is 43.5 Å². The predicted molar refractivity (Wildman–Crippen MR) is 855 cm³/mol. The van der Waals surface area contributed by atoms with Crippen molar-refractivity contribution in [2.24, 2.45) is 5.73 Å². The van der Waals surface area contributed by atoms with Gasteiger partial charge in [-0.15, -0.1) is 17.0 Å². The molecule has 738 valence electrons. The first-order valence-electron chi connectivity index (χ1n) is 23.8. The molecule has 1 heterocycles. The van der Waals surface area contributed by atoms with Crippen molar-refractivity contribution in [3.63, 3.8) is 0 Å². The van der Waals surface area contributed by atoms with Crippen LogP contribution in [0.1, 0.15) is 21.5 Å². The van der Waals surface area contributed by atoms with E-state index in [1.807, 2.05) is 30.3 Å². The van der Waals surface area contributed by atoms with Gasteiger partial charge in [-0.2, -0.15) is 0 Å². The Bertz CT molecular complexity index is 9520. The van der Waals surface area contributed by atoms with Gasteiger partial charge in [-0.25, -0.2) is 22.4 Å². The summed E-state index contributed by atoms with van der Waals surface area (Å²) in [7, 11) is -1.60. The molecule has 2 aromatic rings. The molecule has 0 aromatic heterocycles. The van der Waals surface area contributed by atoms with Crippen molar-refractivity contribution in [3.8, 4) is 0 Å². The van der Waals surface area contributed by atoms with Crippen LogP contribution in [0, 0.1) is 5.41 Å². The van der Waals surface area contributed by atoms with Crippen molar-refractivity contribution in [3.05, 3.63) is 62.0 Å². The van der Waals surface area contributed by atoms with Crippen molar-refractivity contribution >= 4 is 1010 Å². The molecule has 1 amide bonds. The van der Waals surface area contributed by atoms with Gasteiger partial charge in [0.1, 0.15) is 0 Å². The SMILES string of the molecule is Br.N=C(N)SCc1ccc(CN2C(=O)C(=O)c3cc(Br)cc(Br)c32)cc1.S=[S-](=S)S(=S)(=S)S(=S)(=S)S(=S)(=S)S(=S)(=S)S(=S)(=S)S(=S)(=S)S(=S)(=S)S(=S)(=S)S(=S)(=S)S(=S)(=S)S(=S)(=S)S(=S)(=S)S(=S)(=S)S(=S)(=S)S(=S)(=S)S(=S)(=S)S(=S)(=S)S(=S)(=S)S(=S)(=S)S(=S)(=S)S(=S)(=S)S(=S)(=S)S(=S)(=S)S(=S)(=S)S(=S)(=S)S(=S)(=S)S(=S)(=S)S(=S)(=S)S(=S)(=S)S(=S)(=S)S(=S)(=S)S(=S)(=S)S.[K+]. The first-order chi connectivity index (χ1) is 53.6. The average molecular weight is 3810 g/mol. The van der Waals surface area contributed by atoms with Gasteiger partial charge >= 0.3 is 51.4 Å². The summed E-state index contributed by atoms with van der Waals surface area (Å²) in [5.41, 5.74) is 8.31. The minimum Gasteiger partial charge on any atom is -0.379 e. The summed E-state index contributed by atoms with van der Waals surface area (Å²) in [5.74, 6) is -0.393. The van der Waals surface area contributed by atoms with Crippen LogP contribution in [0.15, 0.2) is 45.3 Å². The number of nitrogens with one attached hydrogen (secondary N) is 1. The number of nitrogens with zero attached hydrogens (tertiary/aromatic N) is 1. The molecule has 0 saturated carbocycles. The van der Waals surface area contributed by atoms with Gasteiger partial charge in [-0.1, -0.05) is 91.2 Å². The quantitative estimate of drug-likeness (QED) is 0.0176. The van der Waals surface area contributed by atoms with Crippen LogP contribution in [0.4, 0.5) is 5.69 Å². The zero-order chi connectivity index (χ0) is 102. The minimum absolute atomic E-state index is 0. The fourth-order valence-electron chi connectivity index (χ4n) is 5.72. The third kappa shape index (κ3) is 26.4. The van der Waals surface area contributed by atoms with Gasteiger partial charge < -0.3 is 5.73 Å². The molecule has 0 aliphatic carbocycles. The number of carbonyl (C=O) groups is 2. The van der Waals surface area contributed by atoms with Crippen molar-refractivity contribution in [2.75, 3.05) is 4.90 Å². The normalized spacial score (nSPS) is 16.0. The number of amides is 1. The number of nitrogens with two attached hydrogens (primary N) is 1. The smallest absolute Gasteiger partial charge is 0.379 e. The number of amidine groups is 1. The zero-order valence-electron chi connectivity index (χ0n) is 55.2. The van der Waals surface area contributed by atoms with E-state index < -0.39 is 185 Å². The summed E-state index contributed by atoms with van der Waals surface area (Å²) in [5, 5.41) is -119. The van der Waals surface area contributed by atoms with Crippen LogP contribution in [-0.4, -0.2) is 16.9 Å². The molecule has 0 atom stereocenters. The molecule has 0 spiro atoms. The van der Waals surface area contributed by atoms with E-state index in [0.29, 0.717) is 28.0 Å².